The van der Waals surface area contributed by atoms with E-state index >= 15 is 0 Å². The highest BCUT2D eigenvalue weighted by Crippen LogP contribution is 2.25. The van der Waals surface area contributed by atoms with Crippen molar-refractivity contribution < 1.29 is 8.60 Å². The highest BCUT2D eigenvalue weighted by molar-refractivity contribution is 9.10. The number of benzene rings is 2. The zero-order chi connectivity index (χ0) is 14.0. The molecule has 100 valence electrons. The number of hydrogen-bond donors (Lipinski definition) is 1. The molecule has 2 nitrogen and oxygen atoms in total. The van der Waals surface area contributed by atoms with Crippen molar-refractivity contribution in [2.24, 2.45) is 0 Å². The van der Waals surface area contributed by atoms with Gasteiger partial charge in [-0.15, -0.1) is 0 Å². The Balaban J connectivity index is 2.23. The first-order valence-electron chi connectivity index (χ1n) is 5.34. The van der Waals surface area contributed by atoms with Crippen molar-refractivity contribution in [3.8, 4) is 0 Å². The van der Waals surface area contributed by atoms with Gasteiger partial charge in [-0.2, -0.15) is 0 Å². The van der Waals surface area contributed by atoms with Crippen LogP contribution >= 0.6 is 27.5 Å². The number of anilines is 1. The van der Waals surface area contributed by atoms with Crippen LogP contribution in [0.5, 0.6) is 0 Å². The van der Waals surface area contributed by atoms with Crippen molar-refractivity contribution in [3.05, 3.63) is 57.3 Å². The normalized spacial score (nSPS) is 12.4. The highest BCUT2D eigenvalue weighted by Gasteiger charge is 2.11. The van der Waals surface area contributed by atoms with Crippen LogP contribution in [0.1, 0.15) is 5.56 Å². The zero-order valence-corrected chi connectivity index (χ0v) is 12.9. The maximum absolute atomic E-state index is 13.1. The van der Waals surface area contributed by atoms with Crippen molar-refractivity contribution in [3.63, 3.8) is 0 Å². The number of nitrogen functional groups attached to an aromatic ring is 1. The van der Waals surface area contributed by atoms with Gasteiger partial charge in [0.2, 0.25) is 0 Å². The topological polar surface area (TPSA) is 43.1 Å². The monoisotopic (exact) mass is 361 g/mol. The fourth-order valence-electron chi connectivity index (χ4n) is 1.56. The Morgan fingerprint density at radius 3 is 2.63 bits per heavy atom. The molecule has 0 saturated heterocycles. The predicted octanol–water partition coefficient (Wildman–Crippen LogP) is 4.13. The molecule has 0 fully saturated rings. The van der Waals surface area contributed by atoms with Crippen LogP contribution in [-0.2, 0) is 16.6 Å². The van der Waals surface area contributed by atoms with Gasteiger partial charge in [-0.1, -0.05) is 17.7 Å². The molecule has 0 aliphatic carbocycles. The van der Waals surface area contributed by atoms with Gasteiger partial charge in [0.05, 0.1) is 30.9 Å². The van der Waals surface area contributed by atoms with Gasteiger partial charge >= 0.3 is 0 Å². The molecule has 2 N–H and O–H groups in total. The third-order valence-electron chi connectivity index (χ3n) is 2.48. The lowest BCUT2D eigenvalue weighted by Crippen LogP contribution is -1.98. The summed E-state index contributed by atoms with van der Waals surface area (Å²) >= 11 is 9.10. The molecule has 0 radical (unpaired) electrons. The molecule has 19 heavy (non-hydrogen) atoms. The quantitative estimate of drug-likeness (QED) is 0.834. The summed E-state index contributed by atoms with van der Waals surface area (Å²) in [6, 6.07) is 9.41. The molecular formula is C13H10BrClFNOS. The van der Waals surface area contributed by atoms with E-state index < -0.39 is 10.8 Å². The Labute approximate surface area is 126 Å². The second kappa shape index (κ2) is 6.03. The van der Waals surface area contributed by atoms with Gasteiger partial charge in [0.25, 0.3) is 0 Å². The van der Waals surface area contributed by atoms with Gasteiger partial charge in [-0.05, 0) is 51.8 Å². The molecule has 0 heterocycles. The fourth-order valence-corrected chi connectivity index (χ4v) is 3.57. The Morgan fingerprint density at radius 1 is 1.26 bits per heavy atom. The first-order valence-corrected chi connectivity index (χ1v) is 7.83. The third kappa shape index (κ3) is 3.55. The molecule has 0 bridgehead atoms. The van der Waals surface area contributed by atoms with Crippen LogP contribution in [0.4, 0.5) is 10.1 Å². The second-order valence-corrected chi connectivity index (χ2v) is 6.61. The van der Waals surface area contributed by atoms with Gasteiger partial charge in [-0.3, -0.25) is 4.21 Å². The van der Waals surface area contributed by atoms with Crippen LogP contribution in [0.25, 0.3) is 0 Å². The van der Waals surface area contributed by atoms with Gasteiger partial charge in [0.1, 0.15) is 5.82 Å². The van der Waals surface area contributed by atoms with Crippen LogP contribution in [0.15, 0.2) is 45.8 Å². The zero-order valence-electron chi connectivity index (χ0n) is 9.70. The van der Waals surface area contributed by atoms with Crippen LogP contribution in [-0.4, -0.2) is 4.21 Å². The second-order valence-electron chi connectivity index (χ2n) is 3.93. The molecule has 0 spiro atoms. The van der Waals surface area contributed by atoms with Gasteiger partial charge in [0, 0.05) is 5.69 Å². The summed E-state index contributed by atoms with van der Waals surface area (Å²) in [5.41, 5.74) is 6.87. The van der Waals surface area contributed by atoms with E-state index in [0.29, 0.717) is 20.1 Å². The van der Waals surface area contributed by atoms with Gasteiger partial charge < -0.3 is 5.73 Å². The number of hydrogen-bond acceptors (Lipinski definition) is 2. The standard InChI is InChI=1S/C13H10BrClFNOS/c14-10-5-8(1-3-12(10)16)7-19(18)13-4-2-9(17)6-11(13)15/h1-6H,7,17H2. The molecular weight excluding hydrogens is 353 g/mol. The average molecular weight is 363 g/mol. The van der Waals surface area contributed by atoms with E-state index in [9.17, 15) is 8.60 Å². The van der Waals surface area contributed by atoms with Crippen LogP contribution in [0, 0.1) is 5.82 Å². The minimum absolute atomic E-state index is 0.266. The first kappa shape index (κ1) is 14.5. The van der Waals surface area contributed by atoms with E-state index in [1.165, 1.54) is 6.07 Å². The maximum Gasteiger partial charge on any atom is 0.137 e. The van der Waals surface area contributed by atoms with Gasteiger partial charge in [-0.25, -0.2) is 4.39 Å². The SMILES string of the molecule is Nc1ccc(S(=O)Cc2ccc(F)c(Br)c2)c(Cl)c1. The molecule has 0 aliphatic rings. The Bertz CT molecular complexity index is 651. The summed E-state index contributed by atoms with van der Waals surface area (Å²) < 4.78 is 25.7. The molecule has 1 unspecified atom stereocenters. The molecule has 0 amide bonds. The van der Waals surface area contributed by atoms with E-state index in [1.54, 1.807) is 30.3 Å². The van der Waals surface area contributed by atoms with E-state index in [4.69, 9.17) is 17.3 Å². The minimum Gasteiger partial charge on any atom is -0.399 e. The predicted molar refractivity (Wildman–Crippen MR) is 80.1 cm³/mol. The first-order chi connectivity index (χ1) is 8.97. The third-order valence-corrected chi connectivity index (χ3v) is 4.96. The summed E-state index contributed by atoms with van der Waals surface area (Å²) in [5.74, 6) is -0.0808. The minimum atomic E-state index is -1.30. The molecule has 0 aliphatic heterocycles. The molecule has 1 atom stereocenters. The Kier molecular flexibility index (Phi) is 4.60. The smallest absolute Gasteiger partial charge is 0.137 e. The Hall–Kier alpha value is -0.910. The van der Waals surface area contributed by atoms with E-state index in [0.717, 1.165) is 5.56 Å². The molecule has 6 heteroatoms. The number of halogens is 3. The Morgan fingerprint density at radius 2 is 2.00 bits per heavy atom. The molecule has 0 saturated carbocycles. The van der Waals surface area contributed by atoms with Crippen LogP contribution in [0.2, 0.25) is 5.02 Å². The lowest BCUT2D eigenvalue weighted by atomic mass is 10.2. The number of rotatable bonds is 3. The number of nitrogens with two attached hydrogens (primary N) is 1. The maximum atomic E-state index is 13.1. The van der Waals surface area contributed by atoms with Crippen molar-refractivity contribution in [2.75, 3.05) is 5.73 Å². The summed E-state index contributed by atoms with van der Waals surface area (Å²) in [6.07, 6.45) is 0. The van der Waals surface area contributed by atoms with E-state index in [2.05, 4.69) is 15.9 Å². The van der Waals surface area contributed by atoms with Crippen LogP contribution in [0.3, 0.4) is 0 Å². The van der Waals surface area contributed by atoms with Crippen molar-refractivity contribution >= 4 is 44.0 Å². The fraction of sp³-hybridized carbons (Fsp3) is 0.0769. The summed E-state index contributed by atoms with van der Waals surface area (Å²) in [5, 5.41) is 0.375. The van der Waals surface area contributed by atoms with E-state index in [-0.39, 0.29) is 11.6 Å². The summed E-state index contributed by atoms with van der Waals surface area (Å²) in [6.45, 7) is 0. The summed E-state index contributed by atoms with van der Waals surface area (Å²) in [7, 11) is -1.30. The van der Waals surface area contributed by atoms with E-state index in [1.807, 2.05) is 0 Å². The van der Waals surface area contributed by atoms with Crippen molar-refractivity contribution in [2.45, 2.75) is 10.6 Å². The lowest BCUT2D eigenvalue weighted by molar-refractivity contribution is 0.620. The van der Waals surface area contributed by atoms with Crippen molar-refractivity contribution in [1.82, 2.24) is 0 Å². The highest BCUT2D eigenvalue weighted by atomic mass is 79.9. The van der Waals surface area contributed by atoms with Crippen LogP contribution < -0.4 is 5.73 Å². The molecule has 2 rings (SSSR count). The summed E-state index contributed by atoms with van der Waals surface area (Å²) in [4.78, 5) is 0.524. The van der Waals surface area contributed by atoms with Gasteiger partial charge in [0.15, 0.2) is 0 Å². The average Bonchev–Trinajstić information content (AvgIpc) is 2.33. The lowest BCUT2D eigenvalue weighted by Gasteiger charge is -2.06. The molecule has 0 aromatic heterocycles. The molecule has 2 aromatic rings. The van der Waals surface area contributed by atoms with Crippen molar-refractivity contribution in [1.29, 1.82) is 0 Å². The largest absolute Gasteiger partial charge is 0.399 e. The molecule has 2 aromatic carbocycles.